The summed E-state index contributed by atoms with van der Waals surface area (Å²) in [6.07, 6.45) is -9.98. The van der Waals surface area contributed by atoms with E-state index < -0.39 is 46.5 Å². The van der Waals surface area contributed by atoms with Crippen molar-refractivity contribution in [1.29, 1.82) is 0 Å². The second kappa shape index (κ2) is 39.5. The Morgan fingerprint density at radius 2 is 0.874 bits per heavy atom. The van der Waals surface area contributed by atoms with Crippen LogP contribution in [0.15, 0.2) is 182 Å². The molecule has 0 amide bonds. The van der Waals surface area contributed by atoms with E-state index in [0.717, 1.165) is 82.4 Å². The van der Waals surface area contributed by atoms with Crippen molar-refractivity contribution in [3.8, 4) is 0 Å². The molecule has 0 N–H and O–H groups in total. The molecule has 0 fully saturated rings. The molecule has 9 rings (SSSR count). The maximum absolute atomic E-state index is 12.4. The fourth-order valence-corrected chi connectivity index (χ4v) is 8.87. The van der Waals surface area contributed by atoms with E-state index in [1.165, 1.54) is 70.5 Å². The molecule has 0 saturated carbocycles. The van der Waals surface area contributed by atoms with Crippen molar-refractivity contribution in [3.05, 3.63) is 308 Å². The molecule has 0 atom stereocenters. The Morgan fingerprint density at radius 1 is 0.345 bits per heavy atom. The minimum absolute atomic E-state index is 0.343. The van der Waals surface area contributed by atoms with Crippen LogP contribution in [0.5, 0.6) is 0 Å². The third-order valence-electron chi connectivity index (χ3n) is 12.2. The van der Waals surface area contributed by atoms with E-state index in [0.29, 0.717) is 27.2 Å². The van der Waals surface area contributed by atoms with E-state index in [2.05, 4.69) is 168 Å². The van der Waals surface area contributed by atoms with E-state index in [1.54, 1.807) is 18.2 Å². The number of hydrogen-bond donors (Lipinski definition) is 0. The number of aryl methyl sites for hydroxylation is 12. The highest BCUT2D eigenvalue weighted by atomic mass is 79.9. The van der Waals surface area contributed by atoms with Gasteiger partial charge in [-0.3, -0.25) is 0 Å². The van der Waals surface area contributed by atoms with Crippen LogP contribution in [-0.4, -0.2) is 0 Å². The highest BCUT2D eigenvalue weighted by molar-refractivity contribution is 9.13. The Labute approximate surface area is 560 Å². The Balaban J connectivity index is 0.000000492. The molecule has 0 radical (unpaired) electrons. The zero-order valence-electron chi connectivity index (χ0n) is 49.9. The summed E-state index contributed by atoms with van der Waals surface area (Å²) in [7, 11) is 0. The van der Waals surface area contributed by atoms with Crippen LogP contribution in [0.1, 0.15) is 83.5 Å². The lowest BCUT2D eigenvalue weighted by molar-refractivity contribution is -0.162. The Bertz CT molecular complexity index is 3130. The normalized spacial score (nSPS) is 10.2. The Morgan fingerprint density at radius 3 is 1.29 bits per heavy atom. The lowest BCUT2D eigenvalue weighted by Gasteiger charge is -2.17. The van der Waals surface area contributed by atoms with E-state index in [4.69, 9.17) is 46.4 Å². The van der Waals surface area contributed by atoms with Crippen LogP contribution in [0.25, 0.3) is 0 Å². The maximum Gasteiger partial charge on any atom is 0.417 e. The van der Waals surface area contributed by atoms with Crippen LogP contribution in [0.4, 0.5) is 43.9 Å². The molecule has 468 valence electrons. The molecule has 9 aromatic carbocycles. The number of hydrogen-bond acceptors (Lipinski definition) is 0. The molecule has 0 aromatic heterocycles. The van der Waals surface area contributed by atoms with Gasteiger partial charge in [0.2, 0.25) is 0 Å². The molecular formula is C69H66Br4Cl4F10. The van der Waals surface area contributed by atoms with Gasteiger partial charge in [0.1, 0.15) is 11.6 Å². The quantitative estimate of drug-likeness (QED) is 0.133. The van der Waals surface area contributed by atoms with Gasteiger partial charge in [-0.15, -0.1) is 0 Å². The molecular weight excluding hydrogens is 1480 g/mol. The largest absolute Gasteiger partial charge is 0.417 e. The fourth-order valence-electron chi connectivity index (χ4n) is 6.73. The molecule has 9 aromatic rings. The molecule has 0 spiro atoms. The number of halogens is 18. The van der Waals surface area contributed by atoms with Gasteiger partial charge in [-0.2, -0.15) is 26.3 Å². The summed E-state index contributed by atoms with van der Waals surface area (Å²) in [6, 6.07) is 45.9. The summed E-state index contributed by atoms with van der Waals surface area (Å²) in [5.41, 5.74) is 9.83. The summed E-state index contributed by atoms with van der Waals surface area (Å²) < 4.78 is 127. The van der Waals surface area contributed by atoms with Crippen molar-refractivity contribution in [3.63, 3.8) is 0 Å². The first kappa shape index (κ1) is 80.4. The number of benzene rings is 9. The van der Waals surface area contributed by atoms with E-state index >= 15 is 0 Å². The molecule has 0 aliphatic carbocycles. The van der Waals surface area contributed by atoms with Crippen molar-refractivity contribution >= 4 is 110 Å². The highest BCUT2D eigenvalue weighted by Crippen LogP contribution is 2.41. The van der Waals surface area contributed by atoms with Gasteiger partial charge in [0.15, 0.2) is 11.6 Å². The Kier molecular flexibility index (Phi) is 36.5. The molecule has 0 unspecified atom stereocenters. The van der Waals surface area contributed by atoms with E-state index in [-0.39, 0.29) is 5.82 Å². The van der Waals surface area contributed by atoms with Gasteiger partial charge in [0.25, 0.3) is 0 Å². The number of rotatable bonds is 0. The zero-order valence-corrected chi connectivity index (χ0v) is 59.3. The molecule has 0 aliphatic heterocycles. The fraction of sp³-hybridized carbons (Fsp3) is 0.217. The predicted octanol–water partition coefficient (Wildman–Crippen LogP) is 27.4. The smallest absolute Gasteiger partial charge is 0.207 e. The lowest BCUT2D eigenvalue weighted by atomic mass is 10.0. The van der Waals surface area contributed by atoms with Gasteiger partial charge in [-0.1, -0.05) is 169 Å². The predicted molar refractivity (Wildman–Crippen MR) is 360 cm³/mol. The average Bonchev–Trinajstić information content (AvgIpc) is 1.35. The minimum atomic E-state index is -4.99. The number of alkyl halides is 6. The van der Waals surface area contributed by atoms with Crippen molar-refractivity contribution < 1.29 is 43.9 Å². The van der Waals surface area contributed by atoms with Crippen LogP contribution in [0.2, 0.25) is 20.1 Å². The molecule has 0 bridgehead atoms. The second-order valence-electron chi connectivity index (χ2n) is 19.4. The van der Waals surface area contributed by atoms with Crippen molar-refractivity contribution in [1.82, 2.24) is 0 Å². The van der Waals surface area contributed by atoms with Gasteiger partial charge in [-0.05, 0) is 267 Å². The summed E-state index contributed by atoms with van der Waals surface area (Å²) in [5, 5.41) is 2.77. The Hall–Kier alpha value is -4.64. The maximum atomic E-state index is 12.4. The third kappa shape index (κ3) is 30.6. The van der Waals surface area contributed by atoms with Crippen LogP contribution in [-0.2, 0) is 12.4 Å². The van der Waals surface area contributed by atoms with Crippen molar-refractivity contribution in [2.24, 2.45) is 0 Å². The van der Waals surface area contributed by atoms with Crippen LogP contribution < -0.4 is 0 Å². The molecule has 0 nitrogen and oxygen atoms in total. The summed E-state index contributed by atoms with van der Waals surface area (Å²) in [5.74, 6) is -2.29. The third-order valence-corrected chi connectivity index (χ3v) is 17.4. The minimum Gasteiger partial charge on any atom is -0.207 e. The van der Waals surface area contributed by atoms with Crippen molar-refractivity contribution in [2.45, 2.75) is 102 Å². The van der Waals surface area contributed by atoms with Crippen LogP contribution in [0.3, 0.4) is 0 Å². The molecule has 0 heterocycles. The summed E-state index contributed by atoms with van der Waals surface area (Å²) in [6.45, 7) is 24.9. The highest BCUT2D eigenvalue weighted by Gasteiger charge is 2.43. The van der Waals surface area contributed by atoms with Gasteiger partial charge in [0.05, 0.1) is 21.2 Å². The van der Waals surface area contributed by atoms with Gasteiger partial charge >= 0.3 is 12.4 Å². The van der Waals surface area contributed by atoms with E-state index in [1.807, 2.05) is 56.3 Å². The first-order chi connectivity index (χ1) is 40.3. The average molecular weight is 1550 g/mol. The molecule has 0 aliphatic rings. The first-order valence-corrected chi connectivity index (χ1v) is 30.8. The van der Waals surface area contributed by atoms with Crippen molar-refractivity contribution in [2.75, 3.05) is 0 Å². The summed E-state index contributed by atoms with van der Waals surface area (Å²) >= 11 is 36.4. The zero-order chi connectivity index (χ0) is 66.7. The topological polar surface area (TPSA) is 0 Å². The SMILES string of the molecule is Cc1cc(Br)ccc1Br.Cc1cc(Cl)ccc1Cl.Cc1cc(F)ccc1F.Cc1ccc(C)c(C)c1.Cc1cccc(Br)c1Br.Cc1cccc(C(F)(F)F)c1C(F)(F)F.Cc1cccc(C)c1C.Cc1cccc(Cl)c1Cl.Cc1cccc(F)c1F. The van der Waals surface area contributed by atoms with Gasteiger partial charge in [-0.25, -0.2) is 17.6 Å². The van der Waals surface area contributed by atoms with E-state index in [9.17, 15) is 43.9 Å². The first-order valence-electron chi connectivity index (χ1n) is 26.1. The van der Waals surface area contributed by atoms with Gasteiger partial charge < -0.3 is 0 Å². The van der Waals surface area contributed by atoms with Crippen LogP contribution in [0, 0.1) is 113 Å². The molecule has 18 heteroatoms. The second-order valence-corrected chi connectivity index (χ2v) is 24.4. The van der Waals surface area contributed by atoms with Crippen LogP contribution >= 0.6 is 110 Å². The molecule has 87 heavy (non-hydrogen) atoms. The standard InChI is InChI=1S/C9H6F6.2C9H12.2C7H6Br2.2C7H6Cl2.2C7H6F2/c1-5-3-2-4-6(8(10,11)12)7(5)9(13,14)15;1-7-4-5-8(2)9(3)6-7;1-7-5-4-6-8(2)9(7)3;1-5-4-6(8)2-3-7(5)9;1-5-3-2-4-6(8)7(5)9;1-5-4-6(8)2-3-7(5)9;1-5-3-2-4-6(8)7(5)9;1-5-4-6(8)2-3-7(5)9;1-5-3-2-4-6(8)7(5)9/h2-4H,1H3;2*4-6H,1-3H3;6*2-4H,1H3. The molecule has 0 saturated heterocycles. The lowest BCUT2D eigenvalue weighted by Crippen LogP contribution is -2.17. The van der Waals surface area contributed by atoms with Gasteiger partial charge in [0, 0.05) is 27.9 Å². The summed E-state index contributed by atoms with van der Waals surface area (Å²) in [4.78, 5) is 0. The monoisotopic (exact) mass is 1540 g/mol.